The SMILES string of the molecule is C[C@H](Sc1nc(O)c(Cc2ccccc2)c(=O)[nH]1)C(=O)Nc1cccc(Cl)c1. The lowest BCUT2D eigenvalue weighted by Gasteiger charge is -2.12. The van der Waals surface area contributed by atoms with E-state index in [1.807, 2.05) is 30.3 Å². The average Bonchev–Trinajstić information content (AvgIpc) is 2.65. The summed E-state index contributed by atoms with van der Waals surface area (Å²) >= 11 is 6.96. The zero-order valence-corrected chi connectivity index (χ0v) is 16.6. The van der Waals surface area contributed by atoms with Gasteiger partial charge in [0.05, 0.1) is 10.8 Å². The number of halogens is 1. The average molecular weight is 416 g/mol. The van der Waals surface area contributed by atoms with Gasteiger partial charge in [-0.15, -0.1) is 0 Å². The number of thioether (sulfide) groups is 1. The first kappa shape index (κ1) is 20.0. The number of hydrogen-bond acceptors (Lipinski definition) is 5. The molecule has 0 radical (unpaired) electrons. The minimum atomic E-state index is -0.554. The van der Waals surface area contributed by atoms with Gasteiger partial charge in [0.25, 0.3) is 5.56 Å². The van der Waals surface area contributed by atoms with Crippen molar-refractivity contribution in [2.75, 3.05) is 5.32 Å². The van der Waals surface area contributed by atoms with Gasteiger partial charge in [0, 0.05) is 17.1 Å². The second-order valence-corrected chi connectivity index (χ2v) is 7.86. The van der Waals surface area contributed by atoms with Gasteiger partial charge in [0.15, 0.2) is 5.16 Å². The maximum Gasteiger partial charge on any atom is 0.258 e. The lowest BCUT2D eigenvalue weighted by molar-refractivity contribution is -0.115. The van der Waals surface area contributed by atoms with Crippen LogP contribution in [0.15, 0.2) is 64.5 Å². The fourth-order valence-corrected chi connectivity index (χ4v) is 3.49. The van der Waals surface area contributed by atoms with E-state index < -0.39 is 10.8 Å². The van der Waals surface area contributed by atoms with Crippen molar-refractivity contribution in [3.05, 3.63) is 81.1 Å². The maximum atomic E-state index is 12.4. The Kier molecular flexibility index (Phi) is 6.38. The van der Waals surface area contributed by atoms with Gasteiger partial charge in [0.1, 0.15) is 0 Å². The van der Waals surface area contributed by atoms with E-state index in [1.165, 1.54) is 0 Å². The highest BCUT2D eigenvalue weighted by Gasteiger charge is 2.18. The van der Waals surface area contributed by atoms with Gasteiger partial charge >= 0.3 is 0 Å². The van der Waals surface area contributed by atoms with Gasteiger partial charge in [-0.25, -0.2) is 0 Å². The summed E-state index contributed by atoms with van der Waals surface area (Å²) in [6, 6.07) is 16.1. The molecule has 0 fully saturated rings. The molecule has 6 nitrogen and oxygen atoms in total. The lowest BCUT2D eigenvalue weighted by Crippen LogP contribution is -2.23. The van der Waals surface area contributed by atoms with E-state index in [0.29, 0.717) is 10.7 Å². The van der Waals surface area contributed by atoms with Crippen LogP contribution in [0.1, 0.15) is 18.1 Å². The summed E-state index contributed by atoms with van der Waals surface area (Å²) < 4.78 is 0. The third kappa shape index (κ3) is 5.15. The van der Waals surface area contributed by atoms with Gasteiger partial charge < -0.3 is 15.4 Å². The van der Waals surface area contributed by atoms with Crippen LogP contribution >= 0.6 is 23.4 Å². The molecule has 144 valence electrons. The zero-order chi connectivity index (χ0) is 20.1. The van der Waals surface area contributed by atoms with Crippen molar-refractivity contribution in [1.29, 1.82) is 0 Å². The number of amides is 1. The van der Waals surface area contributed by atoms with E-state index in [9.17, 15) is 14.7 Å². The number of H-pyrrole nitrogens is 1. The summed E-state index contributed by atoms with van der Waals surface area (Å²) in [6.07, 6.45) is 0.269. The molecule has 0 aliphatic heterocycles. The van der Waals surface area contributed by atoms with Gasteiger partial charge in [0.2, 0.25) is 11.8 Å². The summed E-state index contributed by atoms with van der Waals surface area (Å²) in [5.74, 6) is -0.611. The molecule has 1 atom stereocenters. The fraction of sp³-hybridized carbons (Fsp3) is 0.150. The number of carbonyl (C=O) groups excluding carboxylic acids is 1. The van der Waals surface area contributed by atoms with E-state index >= 15 is 0 Å². The number of aromatic amines is 1. The van der Waals surface area contributed by atoms with Gasteiger partial charge in [-0.1, -0.05) is 59.8 Å². The number of aromatic hydroxyl groups is 1. The highest BCUT2D eigenvalue weighted by Crippen LogP contribution is 2.24. The highest BCUT2D eigenvalue weighted by molar-refractivity contribution is 8.00. The molecule has 0 aliphatic carbocycles. The lowest BCUT2D eigenvalue weighted by atomic mass is 10.1. The number of nitrogens with zero attached hydrogens (tertiary/aromatic N) is 1. The number of rotatable bonds is 6. The van der Waals surface area contributed by atoms with Crippen LogP contribution in [0.25, 0.3) is 0 Å². The summed E-state index contributed by atoms with van der Waals surface area (Å²) in [7, 11) is 0. The first-order valence-corrected chi connectivity index (χ1v) is 9.77. The molecule has 0 bridgehead atoms. The largest absolute Gasteiger partial charge is 0.493 e. The predicted molar refractivity (Wildman–Crippen MR) is 111 cm³/mol. The standard InChI is InChI=1S/C20H18ClN3O3S/c1-12(17(25)22-15-9-5-8-14(21)11-15)28-20-23-18(26)16(19(27)24-20)10-13-6-3-2-4-7-13/h2-9,11-12H,10H2,1H3,(H,22,25)(H2,23,24,26,27)/t12-/m0/s1. The molecule has 0 saturated heterocycles. The molecule has 3 N–H and O–H groups in total. The van der Waals surface area contributed by atoms with Crippen LogP contribution in [0.3, 0.4) is 0 Å². The Morgan fingerprint density at radius 3 is 2.68 bits per heavy atom. The van der Waals surface area contributed by atoms with Crippen molar-refractivity contribution in [2.24, 2.45) is 0 Å². The first-order chi connectivity index (χ1) is 13.4. The molecule has 3 aromatic rings. The van der Waals surface area contributed by atoms with E-state index in [4.69, 9.17) is 11.6 Å². The number of carbonyl (C=O) groups is 1. The molecule has 1 aromatic heterocycles. The van der Waals surface area contributed by atoms with E-state index in [0.717, 1.165) is 17.3 Å². The second-order valence-electron chi connectivity index (χ2n) is 6.10. The summed E-state index contributed by atoms with van der Waals surface area (Å²) in [6.45, 7) is 1.68. The monoisotopic (exact) mass is 415 g/mol. The summed E-state index contributed by atoms with van der Waals surface area (Å²) in [5, 5.41) is 13.1. The van der Waals surface area contributed by atoms with Crippen LogP contribution in [0.2, 0.25) is 5.02 Å². The third-order valence-electron chi connectivity index (χ3n) is 3.95. The van der Waals surface area contributed by atoms with Crippen LogP contribution in [-0.4, -0.2) is 26.2 Å². The van der Waals surface area contributed by atoms with Gasteiger partial charge in [-0.2, -0.15) is 4.98 Å². The zero-order valence-electron chi connectivity index (χ0n) is 15.0. The van der Waals surface area contributed by atoms with Crippen LogP contribution in [0.5, 0.6) is 5.88 Å². The Morgan fingerprint density at radius 2 is 2.00 bits per heavy atom. The van der Waals surface area contributed by atoms with Crippen molar-refractivity contribution in [3.8, 4) is 5.88 Å². The van der Waals surface area contributed by atoms with Crippen molar-refractivity contribution >= 4 is 35.0 Å². The quantitative estimate of drug-likeness (QED) is 0.420. The molecule has 1 heterocycles. The Labute approximate surface area is 171 Å². The molecule has 1 amide bonds. The van der Waals surface area contributed by atoms with Crippen LogP contribution in [0, 0.1) is 0 Å². The summed E-state index contributed by atoms with van der Waals surface area (Å²) in [5.41, 5.74) is 1.22. The predicted octanol–water partition coefficient (Wildman–Crippen LogP) is 3.84. The maximum absolute atomic E-state index is 12.4. The Balaban J connectivity index is 1.70. The molecular weight excluding hydrogens is 398 g/mol. The third-order valence-corrected chi connectivity index (χ3v) is 5.16. The Hall–Kier alpha value is -2.77. The van der Waals surface area contributed by atoms with Crippen molar-refractivity contribution in [3.63, 3.8) is 0 Å². The minimum Gasteiger partial charge on any atom is -0.493 e. The molecule has 2 aromatic carbocycles. The molecular formula is C20H18ClN3O3S. The highest BCUT2D eigenvalue weighted by atomic mass is 35.5. The van der Waals surface area contributed by atoms with Crippen LogP contribution < -0.4 is 10.9 Å². The normalized spacial score (nSPS) is 11.8. The topological polar surface area (TPSA) is 95.1 Å². The smallest absolute Gasteiger partial charge is 0.258 e. The van der Waals surface area contributed by atoms with Crippen molar-refractivity contribution < 1.29 is 9.90 Å². The summed E-state index contributed by atoms with van der Waals surface area (Å²) in [4.78, 5) is 31.4. The Morgan fingerprint density at radius 1 is 1.25 bits per heavy atom. The molecule has 0 unspecified atom stereocenters. The number of nitrogens with one attached hydrogen (secondary N) is 2. The minimum absolute atomic E-state index is 0.174. The molecule has 3 rings (SSSR count). The molecule has 0 spiro atoms. The van der Waals surface area contributed by atoms with E-state index in [2.05, 4.69) is 15.3 Å². The molecule has 0 aliphatic rings. The van der Waals surface area contributed by atoms with Crippen LogP contribution in [0.4, 0.5) is 5.69 Å². The number of anilines is 1. The molecule has 28 heavy (non-hydrogen) atoms. The number of aromatic nitrogens is 2. The number of hydrogen-bond donors (Lipinski definition) is 3. The van der Waals surface area contributed by atoms with Crippen molar-refractivity contribution in [2.45, 2.75) is 23.8 Å². The van der Waals surface area contributed by atoms with E-state index in [-0.39, 0.29) is 28.9 Å². The number of benzene rings is 2. The second kappa shape index (κ2) is 8.95. The Bertz CT molecular complexity index is 1040. The molecule has 8 heteroatoms. The molecule has 0 saturated carbocycles. The first-order valence-electron chi connectivity index (χ1n) is 8.51. The van der Waals surface area contributed by atoms with Gasteiger partial charge in [-0.05, 0) is 30.7 Å². The van der Waals surface area contributed by atoms with Crippen molar-refractivity contribution in [1.82, 2.24) is 9.97 Å². The fourth-order valence-electron chi connectivity index (χ4n) is 2.51. The van der Waals surface area contributed by atoms with E-state index in [1.54, 1.807) is 31.2 Å². The van der Waals surface area contributed by atoms with Gasteiger partial charge in [-0.3, -0.25) is 9.59 Å². The van der Waals surface area contributed by atoms with Crippen LogP contribution in [-0.2, 0) is 11.2 Å².